The van der Waals surface area contributed by atoms with Crippen molar-refractivity contribution in [3.8, 4) is 0 Å². The van der Waals surface area contributed by atoms with Gasteiger partial charge in [-0.1, -0.05) is 55.7 Å². The van der Waals surface area contributed by atoms with Crippen LogP contribution in [0.4, 0.5) is 0 Å². The second-order valence-electron chi connectivity index (χ2n) is 5.25. The van der Waals surface area contributed by atoms with Crippen molar-refractivity contribution in [3.63, 3.8) is 0 Å². The SMILES string of the molecule is c1ccc2cc(COC3CCCCC3)ccc2c1. The van der Waals surface area contributed by atoms with Gasteiger partial charge in [0.1, 0.15) is 0 Å². The van der Waals surface area contributed by atoms with Gasteiger partial charge in [0.2, 0.25) is 0 Å². The van der Waals surface area contributed by atoms with Gasteiger partial charge in [-0.25, -0.2) is 0 Å². The number of benzene rings is 2. The molecule has 0 amide bonds. The van der Waals surface area contributed by atoms with Crippen LogP contribution in [0, 0.1) is 0 Å². The van der Waals surface area contributed by atoms with Crippen LogP contribution in [-0.2, 0) is 11.3 Å². The zero-order valence-electron chi connectivity index (χ0n) is 10.8. The minimum atomic E-state index is 0.491. The average Bonchev–Trinajstić information content (AvgIpc) is 2.46. The van der Waals surface area contributed by atoms with Gasteiger partial charge in [0, 0.05) is 0 Å². The smallest absolute Gasteiger partial charge is 0.0720 e. The third kappa shape index (κ3) is 2.73. The number of rotatable bonds is 3. The Morgan fingerprint density at radius 3 is 2.50 bits per heavy atom. The molecule has 0 N–H and O–H groups in total. The quantitative estimate of drug-likeness (QED) is 0.756. The van der Waals surface area contributed by atoms with E-state index in [1.54, 1.807) is 0 Å². The maximum atomic E-state index is 6.02. The standard InChI is InChI=1S/C17H20O/c1-2-8-17(9-3-1)18-13-14-10-11-15-6-4-5-7-16(15)12-14/h4-7,10-12,17H,1-3,8-9,13H2. The molecule has 0 aliphatic heterocycles. The van der Waals surface area contributed by atoms with Gasteiger partial charge in [-0.2, -0.15) is 0 Å². The highest BCUT2D eigenvalue weighted by Crippen LogP contribution is 2.22. The summed E-state index contributed by atoms with van der Waals surface area (Å²) >= 11 is 0. The molecule has 1 heteroatoms. The molecule has 0 saturated heterocycles. The van der Waals surface area contributed by atoms with E-state index in [0.717, 1.165) is 6.61 Å². The summed E-state index contributed by atoms with van der Waals surface area (Å²) in [5.74, 6) is 0. The highest BCUT2D eigenvalue weighted by atomic mass is 16.5. The van der Waals surface area contributed by atoms with Crippen LogP contribution in [0.1, 0.15) is 37.7 Å². The van der Waals surface area contributed by atoms with E-state index in [0.29, 0.717) is 6.10 Å². The van der Waals surface area contributed by atoms with E-state index >= 15 is 0 Å². The maximum absolute atomic E-state index is 6.02. The minimum Gasteiger partial charge on any atom is -0.374 e. The zero-order chi connectivity index (χ0) is 12.2. The second kappa shape index (κ2) is 5.53. The van der Waals surface area contributed by atoms with E-state index in [4.69, 9.17) is 4.74 Å². The third-order valence-corrected chi connectivity index (χ3v) is 3.85. The lowest BCUT2D eigenvalue weighted by atomic mass is 9.98. The third-order valence-electron chi connectivity index (χ3n) is 3.85. The molecular formula is C17H20O. The number of hydrogen-bond acceptors (Lipinski definition) is 1. The Kier molecular flexibility index (Phi) is 3.61. The van der Waals surface area contributed by atoms with E-state index in [-0.39, 0.29) is 0 Å². The number of hydrogen-bond donors (Lipinski definition) is 0. The fourth-order valence-electron chi connectivity index (χ4n) is 2.77. The Bertz CT molecular complexity index is 512. The molecule has 94 valence electrons. The number of ether oxygens (including phenoxy) is 1. The summed E-state index contributed by atoms with van der Waals surface area (Å²) in [5, 5.41) is 2.61. The fraction of sp³-hybridized carbons (Fsp3) is 0.412. The molecule has 18 heavy (non-hydrogen) atoms. The van der Waals surface area contributed by atoms with Gasteiger partial charge in [0.25, 0.3) is 0 Å². The summed E-state index contributed by atoms with van der Waals surface area (Å²) in [6, 6.07) is 15.1. The molecule has 0 radical (unpaired) electrons. The Hall–Kier alpha value is -1.34. The lowest BCUT2D eigenvalue weighted by Crippen LogP contribution is -2.16. The van der Waals surface area contributed by atoms with Crippen molar-refractivity contribution >= 4 is 10.8 Å². The van der Waals surface area contributed by atoms with Crippen LogP contribution in [0.25, 0.3) is 10.8 Å². The molecule has 1 saturated carbocycles. The molecule has 0 spiro atoms. The summed E-state index contributed by atoms with van der Waals surface area (Å²) in [7, 11) is 0. The zero-order valence-corrected chi connectivity index (χ0v) is 10.8. The molecule has 0 heterocycles. The van der Waals surface area contributed by atoms with Crippen molar-refractivity contribution in [1.29, 1.82) is 0 Å². The van der Waals surface area contributed by atoms with Crippen molar-refractivity contribution in [2.24, 2.45) is 0 Å². The van der Waals surface area contributed by atoms with Crippen LogP contribution in [0.3, 0.4) is 0 Å². The van der Waals surface area contributed by atoms with E-state index < -0.39 is 0 Å². The van der Waals surface area contributed by atoms with Gasteiger partial charge in [-0.3, -0.25) is 0 Å². The fourth-order valence-corrected chi connectivity index (χ4v) is 2.77. The van der Waals surface area contributed by atoms with Crippen molar-refractivity contribution in [1.82, 2.24) is 0 Å². The van der Waals surface area contributed by atoms with Gasteiger partial charge in [0.15, 0.2) is 0 Å². The Morgan fingerprint density at radius 2 is 1.67 bits per heavy atom. The molecule has 0 atom stereocenters. The molecule has 2 aromatic carbocycles. The van der Waals surface area contributed by atoms with Gasteiger partial charge >= 0.3 is 0 Å². The summed E-state index contributed by atoms with van der Waals surface area (Å²) in [5.41, 5.74) is 1.29. The Balaban J connectivity index is 1.66. The summed E-state index contributed by atoms with van der Waals surface area (Å²) in [6.45, 7) is 0.759. The molecule has 1 fully saturated rings. The lowest BCUT2D eigenvalue weighted by molar-refractivity contribution is 0.0169. The topological polar surface area (TPSA) is 9.23 Å². The molecule has 1 aliphatic rings. The highest BCUT2D eigenvalue weighted by molar-refractivity contribution is 5.82. The van der Waals surface area contributed by atoms with Crippen molar-refractivity contribution in [2.75, 3.05) is 0 Å². The Labute approximate surface area is 109 Å². The molecule has 0 unspecified atom stereocenters. The molecule has 1 aliphatic carbocycles. The van der Waals surface area contributed by atoms with Crippen LogP contribution in [0.15, 0.2) is 42.5 Å². The van der Waals surface area contributed by atoms with E-state index in [1.807, 2.05) is 0 Å². The first-order valence-corrected chi connectivity index (χ1v) is 7.01. The van der Waals surface area contributed by atoms with Crippen LogP contribution in [-0.4, -0.2) is 6.10 Å². The predicted molar refractivity (Wildman–Crippen MR) is 75.6 cm³/mol. The van der Waals surface area contributed by atoms with Gasteiger partial charge in [-0.15, -0.1) is 0 Å². The summed E-state index contributed by atoms with van der Waals surface area (Å²) in [4.78, 5) is 0. The first-order chi connectivity index (χ1) is 8.92. The second-order valence-corrected chi connectivity index (χ2v) is 5.25. The molecule has 2 aromatic rings. The van der Waals surface area contributed by atoms with E-state index in [9.17, 15) is 0 Å². The monoisotopic (exact) mass is 240 g/mol. The Morgan fingerprint density at radius 1 is 0.889 bits per heavy atom. The lowest BCUT2D eigenvalue weighted by Gasteiger charge is -2.22. The number of fused-ring (bicyclic) bond motifs is 1. The molecule has 0 bridgehead atoms. The van der Waals surface area contributed by atoms with Crippen molar-refractivity contribution < 1.29 is 4.74 Å². The highest BCUT2D eigenvalue weighted by Gasteiger charge is 2.13. The van der Waals surface area contributed by atoms with E-state index in [2.05, 4.69) is 42.5 Å². The van der Waals surface area contributed by atoms with Crippen molar-refractivity contribution in [3.05, 3.63) is 48.0 Å². The van der Waals surface area contributed by atoms with Crippen LogP contribution in [0.5, 0.6) is 0 Å². The molecule has 3 rings (SSSR count). The van der Waals surface area contributed by atoms with Crippen molar-refractivity contribution in [2.45, 2.75) is 44.8 Å². The molecular weight excluding hydrogens is 220 g/mol. The normalized spacial score (nSPS) is 17.1. The first kappa shape index (κ1) is 11.7. The predicted octanol–water partition coefficient (Wildman–Crippen LogP) is 4.69. The largest absolute Gasteiger partial charge is 0.374 e. The summed E-state index contributed by atoms with van der Waals surface area (Å²) in [6.07, 6.45) is 7.03. The molecule has 0 aromatic heterocycles. The van der Waals surface area contributed by atoms with Gasteiger partial charge in [0.05, 0.1) is 12.7 Å². The van der Waals surface area contributed by atoms with E-state index in [1.165, 1.54) is 48.4 Å². The van der Waals surface area contributed by atoms with Gasteiger partial charge < -0.3 is 4.74 Å². The van der Waals surface area contributed by atoms with Crippen LogP contribution >= 0.6 is 0 Å². The average molecular weight is 240 g/mol. The maximum Gasteiger partial charge on any atom is 0.0720 e. The van der Waals surface area contributed by atoms with Gasteiger partial charge in [-0.05, 0) is 35.2 Å². The van der Waals surface area contributed by atoms with Crippen LogP contribution in [0.2, 0.25) is 0 Å². The van der Waals surface area contributed by atoms with Crippen LogP contribution < -0.4 is 0 Å². The summed E-state index contributed by atoms with van der Waals surface area (Å²) < 4.78 is 6.02. The molecule has 1 nitrogen and oxygen atoms in total. The minimum absolute atomic E-state index is 0.491. The first-order valence-electron chi connectivity index (χ1n) is 7.01.